The van der Waals surface area contributed by atoms with Crippen LogP contribution in [0.2, 0.25) is 10.0 Å². The van der Waals surface area contributed by atoms with E-state index in [2.05, 4.69) is 4.98 Å². The van der Waals surface area contributed by atoms with Crippen LogP contribution in [0, 0.1) is 0 Å². The SMILES string of the molecule is C[C@H](Cl)c1ncc(-c2ccc(Cl)cc2Cl)o1. The van der Waals surface area contributed by atoms with Crippen molar-refractivity contribution in [3.05, 3.63) is 40.3 Å². The Balaban J connectivity index is 2.42. The second-order valence-electron chi connectivity index (χ2n) is 3.30. The highest BCUT2D eigenvalue weighted by atomic mass is 35.5. The smallest absolute Gasteiger partial charge is 0.212 e. The maximum absolute atomic E-state index is 6.05. The minimum atomic E-state index is -0.264. The summed E-state index contributed by atoms with van der Waals surface area (Å²) in [5.41, 5.74) is 0.752. The highest BCUT2D eigenvalue weighted by molar-refractivity contribution is 6.36. The molecule has 1 atom stereocenters. The highest BCUT2D eigenvalue weighted by Crippen LogP contribution is 2.32. The summed E-state index contributed by atoms with van der Waals surface area (Å²) in [6.07, 6.45) is 1.60. The molecule has 16 heavy (non-hydrogen) atoms. The summed E-state index contributed by atoms with van der Waals surface area (Å²) in [5, 5.41) is 0.844. The van der Waals surface area contributed by atoms with Gasteiger partial charge >= 0.3 is 0 Å². The second-order valence-corrected chi connectivity index (χ2v) is 4.80. The third kappa shape index (κ3) is 2.34. The van der Waals surface area contributed by atoms with Crippen LogP contribution in [0.3, 0.4) is 0 Å². The third-order valence-electron chi connectivity index (χ3n) is 2.06. The Bertz CT molecular complexity index is 508. The van der Waals surface area contributed by atoms with E-state index in [0.29, 0.717) is 21.7 Å². The molecule has 0 spiro atoms. The van der Waals surface area contributed by atoms with Crippen LogP contribution >= 0.6 is 34.8 Å². The van der Waals surface area contributed by atoms with Crippen LogP contribution in [0.1, 0.15) is 18.2 Å². The van der Waals surface area contributed by atoms with Crippen molar-refractivity contribution in [3.8, 4) is 11.3 Å². The van der Waals surface area contributed by atoms with Gasteiger partial charge in [-0.25, -0.2) is 4.98 Å². The summed E-state index contributed by atoms with van der Waals surface area (Å²) < 4.78 is 5.48. The fourth-order valence-electron chi connectivity index (χ4n) is 1.29. The molecule has 2 rings (SSSR count). The molecule has 1 aromatic heterocycles. The Labute approximate surface area is 108 Å². The van der Waals surface area contributed by atoms with Crippen molar-refractivity contribution in [1.82, 2.24) is 4.98 Å². The molecule has 2 aromatic rings. The fourth-order valence-corrected chi connectivity index (χ4v) is 1.89. The maximum atomic E-state index is 6.05. The fraction of sp³-hybridized carbons (Fsp3) is 0.182. The van der Waals surface area contributed by atoms with Crippen LogP contribution in [0.25, 0.3) is 11.3 Å². The summed E-state index contributed by atoms with van der Waals surface area (Å²) in [6, 6.07) is 5.19. The minimum absolute atomic E-state index is 0.264. The Morgan fingerprint density at radius 1 is 1.31 bits per heavy atom. The maximum Gasteiger partial charge on any atom is 0.212 e. The summed E-state index contributed by atoms with van der Waals surface area (Å²) in [5.74, 6) is 1.06. The first-order valence-electron chi connectivity index (χ1n) is 4.63. The third-order valence-corrected chi connectivity index (χ3v) is 2.79. The van der Waals surface area contributed by atoms with Gasteiger partial charge in [0.05, 0.1) is 11.2 Å². The minimum Gasteiger partial charge on any atom is -0.439 e. The van der Waals surface area contributed by atoms with Crippen molar-refractivity contribution in [3.63, 3.8) is 0 Å². The van der Waals surface area contributed by atoms with Crippen molar-refractivity contribution < 1.29 is 4.42 Å². The monoisotopic (exact) mass is 275 g/mol. The van der Waals surface area contributed by atoms with Crippen molar-refractivity contribution in [2.45, 2.75) is 12.3 Å². The second kappa shape index (κ2) is 4.66. The highest BCUT2D eigenvalue weighted by Gasteiger charge is 2.13. The molecule has 0 bridgehead atoms. The Morgan fingerprint density at radius 3 is 2.62 bits per heavy atom. The van der Waals surface area contributed by atoms with Gasteiger partial charge in [-0.15, -0.1) is 11.6 Å². The molecule has 84 valence electrons. The average molecular weight is 277 g/mol. The molecule has 0 radical (unpaired) electrons. The van der Waals surface area contributed by atoms with Crippen LogP contribution in [0.5, 0.6) is 0 Å². The van der Waals surface area contributed by atoms with Gasteiger partial charge in [0.15, 0.2) is 5.76 Å². The first-order chi connectivity index (χ1) is 7.58. The quantitative estimate of drug-likeness (QED) is 0.725. The zero-order valence-electron chi connectivity index (χ0n) is 8.38. The molecule has 0 aliphatic carbocycles. The molecule has 0 aliphatic rings. The van der Waals surface area contributed by atoms with Gasteiger partial charge in [0.25, 0.3) is 0 Å². The van der Waals surface area contributed by atoms with Gasteiger partial charge < -0.3 is 4.42 Å². The number of oxazole rings is 1. The first-order valence-corrected chi connectivity index (χ1v) is 5.82. The molecule has 0 N–H and O–H groups in total. The zero-order valence-corrected chi connectivity index (χ0v) is 10.6. The molecule has 2 nitrogen and oxygen atoms in total. The van der Waals surface area contributed by atoms with E-state index in [4.69, 9.17) is 39.2 Å². The van der Waals surface area contributed by atoms with Crippen LogP contribution < -0.4 is 0 Å². The molecule has 0 amide bonds. The van der Waals surface area contributed by atoms with Gasteiger partial charge in [0.1, 0.15) is 5.38 Å². The lowest BCUT2D eigenvalue weighted by Crippen LogP contribution is -1.81. The van der Waals surface area contributed by atoms with Crippen molar-refractivity contribution in [1.29, 1.82) is 0 Å². The van der Waals surface area contributed by atoms with Gasteiger partial charge in [-0.05, 0) is 25.1 Å². The Hall–Kier alpha value is -0.700. The summed E-state index contributed by atoms with van der Waals surface area (Å²) >= 11 is 17.7. The zero-order chi connectivity index (χ0) is 11.7. The predicted molar refractivity (Wildman–Crippen MR) is 66.2 cm³/mol. The van der Waals surface area contributed by atoms with E-state index in [1.54, 1.807) is 31.3 Å². The van der Waals surface area contributed by atoms with Crippen molar-refractivity contribution in [2.75, 3.05) is 0 Å². The van der Waals surface area contributed by atoms with Gasteiger partial charge in [0.2, 0.25) is 5.89 Å². The average Bonchev–Trinajstić information content (AvgIpc) is 2.66. The number of hydrogen-bond donors (Lipinski definition) is 0. The van der Waals surface area contributed by atoms with E-state index in [-0.39, 0.29) is 5.38 Å². The first kappa shape index (κ1) is 11.8. The van der Waals surface area contributed by atoms with Gasteiger partial charge in [-0.3, -0.25) is 0 Å². The number of halogens is 3. The van der Waals surface area contributed by atoms with Gasteiger partial charge in [-0.2, -0.15) is 0 Å². The molecule has 0 fully saturated rings. The van der Waals surface area contributed by atoms with Crippen LogP contribution in [0.4, 0.5) is 0 Å². The molecule has 5 heteroatoms. The molecule has 0 saturated heterocycles. The Kier molecular flexibility index (Phi) is 3.43. The van der Waals surface area contributed by atoms with E-state index < -0.39 is 0 Å². The summed E-state index contributed by atoms with van der Waals surface area (Å²) in [6.45, 7) is 1.79. The summed E-state index contributed by atoms with van der Waals surface area (Å²) in [7, 11) is 0. The number of rotatable bonds is 2. The molecule has 0 saturated carbocycles. The van der Waals surface area contributed by atoms with E-state index in [1.807, 2.05) is 0 Å². The van der Waals surface area contributed by atoms with Crippen LogP contribution in [-0.2, 0) is 0 Å². The van der Waals surface area contributed by atoms with Crippen LogP contribution in [-0.4, -0.2) is 4.98 Å². The van der Waals surface area contributed by atoms with E-state index >= 15 is 0 Å². The van der Waals surface area contributed by atoms with E-state index in [9.17, 15) is 0 Å². The standard InChI is InChI=1S/C11H8Cl3NO/c1-6(12)11-15-5-10(16-11)8-3-2-7(13)4-9(8)14/h2-6H,1H3/t6-/m0/s1. The number of aromatic nitrogens is 1. The lowest BCUT2D eigenvalue weighted by atomic mass is 10.2. The molecule has 0 unspecified atom stereocenters. The van der Waals surface area contributed by atoms with Crippen LogP contribution in [0.15, 0.2) is 28.8 Å². The van der Waals surface area contributed by atoms with Gasteiger partial charge in [0, 0.05) is 10.6 Å². The number of alkyl halides is 1. The lowest BCUT2D eigenvalue weighted by Gasteiger charge is -2.00. The Morgan fingerprint density at radius 2 is 2.06 bits per heavy atom. The molecule has 0 aliphatic heterocycles. The van der Waals surface area contributed by atoms with Gasteiger partial charge in [-0.1, -0.05) is 23.2 Å². The largest absolute Gasteiger partial charge is 0.439 e. The molecule has 1 aromatic carbocycles. The molecule has 1 heterocycles. The number of hydrogen-bond acceptors (Lipinski definition) is 2. The molecular weight excluding hydrogens is 268 g/mol. The van der Waals surface area contributed by atoms with Crippen molar-refractivity contribution in [2.24, 2.45) is 0 Å². The molecular formula is C11H8Cl3NO. The van der Waals surface area contributed by atoms with E-state index in [0.717, 1.165) is 5.56 Å². The van der Waals surface area contributed by atoms with Crippen molar-refractivity contribution >= 4 is 34.8 Å². The summed E-state index contributed by atoms with van der Waals surface area (Å²) in [4.78, 5) is 4.07. The predicted octanol–water partition coefficient (Wildman–Crippen LogP) is 4.95. The topological polar surface area (TPSA) is 26.0 Å². The normalized spacial score (nSPS) is 12.8. The number of nitrogens with zero attached hydrogens (tertiary/aromatic N) is 1. The number of benzene rings is 1. The van der Waals surface area contributed by atoms with E-state index in [1.165, 1.54) is 0 Å². The lowest BCUT2D eigenvalue weighted by molar-refractivity contribution is 0.508.